The molecule has 1 aromatic carbocycles. The summed E-state index contributed by atoms with van der Waals surface area (Å²) in [5.74, 6) is -0.879. The summed E-state index contributed by atoms with van der Waals surface area (Å²) < 4.78 is 4.36. The zero-order valence-electron chi connectivity index (χ0n) is 7.72. The number of carboxylic acids is 1. The van der Waals surface area contributed by atoms with Crippen LogP contribution in [0.1, 0.15) is 10.4 Å². The van der Waals surface area contributed by atoms with Crippen LogP contribution in [0.2, 0.25) is 0 Å². The van der Waals surface area contributed by atoms with E-state index in [1.165, 1.54) is 12.5 Å². The highest BCUT2D eigenvalue weighted by atomic mass is 16.5. The molecular formula is C11H12O3. The Hall–Kier alpha value is -2.03. The SMILES string of the molecule is C=COC=C.O=C(O)c1ccccc1. The van der Waals surface area contributed by atoms with Gasteiger partial charge in [-0.1, -0.05) is 31.4 Å². The normalized spacial score (nSPS) is 7.71. The summed E-state index contributed by atoms with van der Waals surface area (Å²) in [7, 11) is 0. The van der Waals surface area contributed by atoms with Crippen LogP contribution >= 0.6 is 0 Å². The first-order valence-electron chi connectivity index (χ1n) is 3.88. The average molecular weight is 192 g/mol. The number of benzene rings is 1. The Balaban J connectivity index is 0.000000292. The fourth-order valence-electron chi connectivity index (χ4n) is 0.649. The molecule has 0 amide bonds. The number of aromatic carboxylic acids is 1. The predicted octanol–water partition coefficient (Wildman–Crippen LogP) is 2.67. The largest absolute Gasteiger partial charge is 0.478 e. The Morgan fingerprint density at radius 1 is 1.21 bits per heavy atom. The van der Waals surface area contributed by atoms with Crippen LogP contribution in [-0.2, 0) is 4.74 Å². The summed E-state index contributed by atoms with van der Waals surface area (Å²) >= 11 is 0. The van der Waals surface area contributed by atoms with Crippen LogP contribution in [0.5, 0.6) is 0 Å². The molecule has 0 aliphatic heterocycles. The van der Waals surface area contributed by atoms with E-state index in [0.29, 0.717) is 5.56 Å². The Kier molecular flexibility index (Phi) is 6.51. The monoisotopic (exact) mass is 192 g/mol. The molecule has 0 aliphatic carbocycles. The Labute approximate surface area is 83.0 Å². The molecule has 0 bridgehead atoms. The van der Waals surface area contributed by atoms with Gasteiger partial charge in [-0.05, 0) is 12.1 Å². The van der Waals surface area contributed by atoms with Gasteiger partial charge in [0.05, 0.1) is 18.1 Å². The fraction of sp³-hybridized carbons (Fsp3) is 0. The molecule has 0 unspecified atom stereocenters. The van der Waals surface area contributed by atoms with Gasteiger partial charge in [-0.15, -0.1) is 0 Å². The van der Waals surface area contributed by atoms with Crippen molar-refractivity contribution in [3.63, 3.8) is 0 Å². The summed E-state index contributed by atoms with van der Waals surface area (Å²) in [5, 5.41) is 8.38. The maximum atomic E-state index is 10.2. The van der Waals surface area contributed by atoms with E-state index in [0.717, 1.165) is 0 Å². The molecule has 0 radical (unpaired) electrons. The van der Waals surface area contributed by atoms with Gasteiger partial charge in [0.1, 0.15) is 0 Å². The van der Waals surface area contributed by atoms with E-state index in [-0.39, 0.29) is 0 Å². The number of ether oxygens (including phenoxy) is 1. The molecule has 0 atom stereocenters. The van der Waals surface area contributed by atoms with Crippen molar-refractivity contribution in [2.45, 2.75) is 0 Å². The average Bonchev–Trinajstić information content (AvgIpc) is 2.21. The second kappa shape index (κ2) is 7.61. The van der Waals surface area contributed by atoms with Crippen LogP contribution in [0.3, 0.4) is 0 Å². The minimum atomic E-state index is -0.879. The van der Waals surface area contributed by atoms with E-state index in [1.807, 2.05) is 0 Å². The van der Waals surface area contributed by atoms with Crippen LogP contribution in [0.25, 0.3) is 0 Å². The summed E-state index contributed by atoms with van der Waals surface area (Å²) in [5.41, 5.74) is 0.331. The predicted molar refractivity (Wildman–Crippen MR) is 54.9 cm³/mol. The third-order valence-corrected chi connectivity index (χ3v) is 1.21. The summed E-state index contributed by atoms with van der Waals surface area (Å²) in [4.78, 5) is 10.2. The second-order valence-corrected chi connectivity index (χ2v) is 2.14. The van der Waals surface area contributed by atoms with Gasteiger partial charge in [-0.2, -0.15) is 0 Å². The zero-order chi connectivity index (χ0) is 10.8. The van der Waals surface area contributed by atoms with Crippen LogP contribution in [-0.4, -0.2) is 11.1 Å². The molecule has 0 heterocycles. The van der Waals surface area contributed by atoms with Gasteiger partial charge in [0.25, 0.3) is 0 Å². The van der Waals surface area contributed by atoms with Crippen molar-refractivity contribution >= 4 is 5.97 Å². The molecule has 1 N–H and O–H groups in total. The van der Waals surface area contributed by atoms with E-state index in [9.17, 15) is 4.79 Å². The van der Waals surface area contributed by atoms with E-state index in [2.05, 4.69) is 17.9 Å². The standard InChI is InChI=1S/C7H6O2.C4H6O/c8-7(9)6-4-2-1-3-5-6;1-3-5-4-2/h1-5H,(H,8,9);3-4H,1-2H2. The van der Waals surface area contributed by atoms with E-state index >= 15 is 0 Å². The number of carboxylic acid groups (broad SMARTS) is 1. The molecule has 0 saturated carbocycles. The zero-order valence-corrected chi connectivity index (χ0v) is 7.72. The van der Waals surface area contributed by atoms with Gasteiger partial charge < -0.3 is 9.84 Å². The van der Waals surface area contributed by atoms with E-state index in [1.54, 1.807) is 30.3 Å². The highest BCUT2D eigenvalue weighted by Crippen LogP contribution is 1.96. The first-order valence-corrected chi connectivity index (χ1v) is 3.88. The highest BCUT2D eigenvalue weighted by molar-refractivity contribution is 5.87. The topological polar surface area (TPSA) is 46.5 Å². The molecule has 1 aromatic rings. The molecule has 0 spiro atoms. The van der Waals surface area contributed by atoms with E-state index < -0.39 is 5.97 Å². The van der Waals surface area contributed by atoms with Gasteiger partial charge >= 0.3 is 5.97 Å². The number of hydrogen-bond donors (Lipinski definition) is 1. The lowest BCUT2D eigenvalue weighted by atomic mass is 10.2. The first kappa shape index (κ1) is 12.0. The lowest BCUT2D eigenvalue weighted by Crippen LogP contribution is -1.93. The molecule has 0 aliphatic rings. The summed E-state index contributed by atoms with van der Waals surface area (Å²) in [6.45, 7) is 6.51. The van der Waals surface area contributed by atoms with Crippen LogP contribution in [0, 0.1) is 0 Å². The molecular weight excluding hydrogens is 180 g/mol. The third kappa shape index (κ3) is 5.60. The Bertz CT molecular complexity index is 285. The van der Waals surface area contributed by atoms with Crippen molar-refractivity contribution in [2.24, 2.45) is 0 Å². The molecule has 0 aromatic heterocycles. The molecule has 1 rings (SSSR count). The minimum absolute atomic E-state index is 0.331. The molecule has 3 heteroatoms. The molecule has 74 valence electrons. The van der Waals surface area contributed by atoms with Crippen molar-refractivity contribution in [3.05, 3.63) is 61.6 Å². The van der Waals surface area contributed by atoms with Gasteiger partial charge in [0.15, 0.2) is 0 Å². The number of hydrogen-bond acceptors (Lipinski definition) is 2. The van der Waals surface area contributed by atoms with Gasteiger partial charge in [-0.3, -0.25) is 0 Å². The van der Waals surface area contributed by atoms with Crippen molar-refractivity contribution < 1.29 is 14.6 Å². The number of carbonyl (C=O) groups is 1. The lowest BCUT2D eigenvalue weighted by Gasteiger charge is -1.88. The third-order valence-electron chi connectivity index (χ3n) is 1.21. The van der Waals surface area contributed by atoms with Gasteiger partial charge in [-0.25, -0.2) is 4.79 Å². The summed E-state index contributed by atoms with van der Waals surface area (Å²) in [6.07, 6.45) is 2.62. The van der Waals surface area contributed by atoms with E-state index in [4.69, 9.17) is 5.11 Å². The van der Waals surface area contributed by atoms with Gasteiger partial charge in [0, 0.05) is 0 Å². The van der Waals surface area contributed by atoms with Crippen LogP contribution in [0.15, 0.2) is 56.0 Å². The molecule has 0 fully saturated rings. The molecule has 14 heavy (non-hydrogen) atoms. The quantitative estimate of drug-likeness (QED) is 0.749. The van der Waals surface area contributed by atoms with Crippen molar-refractivity contribution in [2.75, 3.05) is 0 Å². The Morgan fingerprint density at radius 2 is 1.71 bits per heavy atom. The van der Waals surface area contributed by atoms with Crippen molar-refractivity contribution in [3.8, 4) is 0 Å². The molecule has 0 saturated heterocycles. The number of rotatable bonds is 3. The maximum absolute atomic E-state index is 10.2. The Morgan fingerprint density at radius 3 is 1.93 bits per heavy atom. The smallest absolute Gasteiger partial charge is 0.335 e. The van der Waals surface area contributed by atoms with Crippen LogP contribution < -0.4 is 0 Å². The maximum Gasteiger partial charge on any atom is 0.335 e. The lowest BCUT2D eigenvalue weighted by molar-refractivity contribution is 0.0697. The summed E-state index contributed by atoms with van der Waals surface area (Å²) in [6, 6.07) is 8.30. The molecule has 3 nitrogen and oxygen atoms in total. The first-order chi connectivity index (χ1) is 6.72. The second-order valence-electron chi connectivity index (χ2n) is 2.14. The van der Waals surface area contributed by atoms with Crippen LogP contribution in [0.4, 0.5) is 0 Å². The highest BCUT2D eigenvalue weighted by Gasteiger charge is 1.96. The van der Waals surface area contributed by atoms with Gasteiger partial charge in [0.2, 0.25) is 0 Å². The fourth-order valence-corrected chi connectivity index (χ4v) is 0.649. The van der Waals surface area contributed by atoms with Crippen molar-refractivity contribution in [1.29, 1.82) is 0 Å². The minimum Gasteiger partial charge on any atom is -0.478 e. The van der Waals surface area contributed by atoms with Crippen molar-refractivity contribution in [1.82, 2.24) is 0 Å².